The van der Waals surface area contributed by atoms with Crippen LogP contribution in [0.15, 0.2) is 0 Å². The maximum absolute atomic E-state index is 2.12. The van der Waals surface area contributed by atoms with Crippen LogP contribution in [-0.2, 0) is 0 Å². The van der Waals surface area contributed by atoms with Gasteiger partial charge in [0.1, 0.15) is 0 Å². The van der Waals surface area contributed by atoms with Crippen molar-refractivity contribution >= 4 is 0 Å². The summed E-state index contributed by atoms with van der Waals surface area (Å²) in [6.07, 6.45) is 0. The summed E-state index contributed by atoms with van der Waals surface area (Å²) in [4.78, 5) is 0. The van der Waals surface area contributed by atoms with E-state index in [4.69, 9.17) is 0 Å². The largest absolute Gasteiger partial charge is 1.00 e. The fraction of sp³-hybridized carbons (Fsp3) is 1.00. The molecule has 8 heavy (non-hydrogen) atoms. The third-order valence-electron chi connectivity index (χ3n) is 0. The van der Waals surface area contributed by atoms with Gasteiger partial charge in [-0.05, 0) is 0 Å². The van der Waals surface area contributed by atoms with Crippen molar-refractivity contribution in [3.05, 3.63) is 0 Å². The second-order valence-electron chi connectivity index (χ2n) is 2.68. The average molecular weight is 168 g/mol. The summed E-state index contributed by atoms with van der Waals surface area (Å²) in [6.45, 7) is 0. The third-order valence-corrected chi connectivity index (χ3v) is 0. The summed E-state index contributed by atoms with van der Waals surface area (Å²) in [6, 6.07) is 0. The molecule has 0 aliphatic carbocycles. The van der Waals surface area contributed by atoms with E-state index in [0.29, 0.717) is 0 Å². The summed E-state index contributed by atoms with van der Waals surface area (Å²) >= 11 is 0. The van der Waals surface area contributed by atoms with Gasteiger partial charge in [-0.3, -0.25) is 0 Å². The van der Waals surface area contributed by atoms with E-state index in [1.807, 2.05) is 0 Å². The molecule has 0 aliphatic rings. The molecule has 0 aromatic heterocycles. The Morgan fingerprint density at radius 1 is 0.750 bits per heavy atom. The minimum Gasteiger partial charge on any atom is -1.00 e. The van der Waals surface area contributed by atoms with Gasteiger partial charge in [-0.25, -0.2) is 0 Å². The number of quaternary nitrogens is 1. The van der Waals surface area contributed by atoms with Crippen molar-refractivity contribution in [3.63, 3.8) is 0 Å². The average Bonchev–Trinajstić information content (AvgIpc) is 0.722. The predicted molar refractivity (Wildman–Crippen MR) is 24.0 cm³/mol. The molecule has 0 fully saturated rings. The first kappa shape index (κ1) is 22.7. The van der Waals surface area contributed by atoms with Crippen molar-refractivity contribution in [1.82, 2.24) is 0 Å². The Morgan fingerprint density at radius 2 is 0.750 bits per heavy atom. The van der Waals surface area contributed by atoms with Crippen molar-refractivity contribution in [3.8, 4) is 0 Å². The molecule has 0 unspecified atom stereocenters. The van der Waals surface area contributed by atoms with E-state index in [9.17, 15) is 0 Å². The summed E-state index contributed by atoms with van der Waals surface area (Å²) in [5.74, 6) is 0. The van der Waals surface area contributed by atoms with Gasteiger partial charge in [0.05, 0.1) is 28.2 Å². The number of rotatable bonds is 0. The molecule has 0 heterocycles. The molecule has 0 saturated heterocycles. The summed E-state index contributed by atoms with van der Waals surface area (Å²) in [5, 5.41) is 0. The van der Waals surface area contributed by atoms with Gasteiger partial charge >= 0.3 is 29.6 Å². The Morgan fingerprint density at radius 3 is 0.750 bits per heavy atom. The van der Waals surface area contributed by atoms with Gasteiger partial charge in [-0.15, -0.1) is 0 Å². The first-order valence-electron chi connectivity index (χ1n) is 1.79. The number of halogens is 2. The Kier molecular flexibility index (Phi) is 24.2. The van der Waals surface area contributed by atoms with Crippen LogP contribution in [0.2, 0.25) is 0 Å². The molecule has 0 atom stereocenters. The van der Waals surface area contributed by atoms with Crippen LogP contribution in [0.25, 0.3) is 0 Å². The minimum atomic E-state index is 0. The SMILES string of the molecule is C[N+](C)(C)C.[Cl-].[Cl-].[Na+]. The Bertz CT molecular complexity index is 29.5. The maximum Gasteiger partial charge on any atom is 1.00 e. The van der Waals surface area contributed by atoms with Gasteiger partial charge in [-0.2, -0.15) is 0 Å². The van der Waals surface area contributed by atoms with Crippen LogP contribution in [0.3, 0.4) is 0 Å². The van der Waals surface area contributed by atoms with Gasteiger partial charge in [0.15, 0.2) is 0 Å². The molecule has 0 radical (unpaired) electrons. The van der Waals surface area contributed by atoms with E-state index in [-0.39, 0.29) is 54.4 Å². The zero-order valence-corrected chi connectivity index (χ0v) is 9.72. The third kappa shape index (κ3) is 136. The molecule has 4 heteroatoms. The van der Waals surface area contributed by atoms with E-state index >= 15 is 0 Å². The van der Waals surface area contributed by atoms with Crippen LogP contribution in [-0.4, -0.2) is 32.7 Å². The fourth-order valence-electron chi connectivity index (χ4n) is 0. The number of hydrogen-bond donors (Lipinski definition) is 0. The van der Waals surface area contributed by atoms with Crippen LogP contribution in [0.4, 0.5) is 0 Å². The molecular formula is C4H12Cl2NNa. The molecule has 0 N–H and O–H groups in total. The zero-order chi connectivity index (χ0) is 4.50. The van der Waals surface area contributed by atoms with E-state index < -0.39 is 0 Å². The topological polar surface area (TPSA) is 0 Å². The molecule has 0 rings (SSSR count). The van der Waals surface area contributed by atoms with Crippen molar-refractivity contribution in [2.24, 2.45) is 0 Å². The van der Waals surface area contributed by atoms with Crippen LogP contribution in [0.5, 0.6) is 0 Å². The Labute approximate surface area is 86.5 Å². The molecule has 0 aromatic carbocycles. The van der Waals surface area contributed by atoms with E-state index in [1.54, 1.807) is 0 Å². The van der Waals surface area contributed by atoms with Crippen LogP contribution >= 0.6 is 0 Å². The quantitative estimate of drug-likeness (QED) is 0.249. The molecule has 0 aromatic rings. The molecule has 0 spiro atoms. The zero-order valence-electron chi connectivity index (χ0n) is 6.20. The monoisotopic (exact) mass is 167 g/mol. The van der Waals surface area contributed by atoms with Gasteiger partial charge in [0.25, 0.3) is 0 Å². The first-order valence-corrected chi connectivity index (χ1v) is 1.79. The van der Waals surface area contributed by atoms with Gasteiger partial charge < -0.3 is 29.3 Å². The molecule has 0 saturated carbocycles. The van der Waals surface area contributed by atoms with Gasteiger partial charge in [-0.1, -0.05) is 0 Å². The molecule has 48 valence electrons. The van der Waals surface area contributed by atoms with Crippen LogP contribution < -0.4 is 54.4 Å². The second kappa shape index (κ2) is 8.54. The standard InChI is InChI=1S/C4H12N.2ClH.Na/c1-5(2,3)4;;;/h1-4H3;2*1H;/q+1;;;+1/p-2. The van der Waals surface area contributed by atoms with Crippen molar-refractivity contribution in [2.75, 3.05) is 28.2 Å². The number of nitrogens with zero attached hydrogens (tertiary/aromatic N) is 1. The van der Waals surface area contributed by atoms with Crippen LogP contribution in [0.1, 0.15) is 0 Å². The normalized spacial score (nSPS) is 7.50. The summed E-state index contributed by atoms with van der Waals surface area (Å²) < 4.78 is 1.00. The van der Waals surface area contributed by atoms with Crippen molar-refractivity contribution in [1.29, 1.82) is 0 Å². The summed E-state index contributed by atoms with van der Waals surface area (Å²) in [7, 11) is 8.50. The van der Waals surface area contributed by atoms with Gasteiger partial charge in [0, 0.05) is 0 Å². The van der Waals surface area contributed by atoms with E-state index in [0.717, 1.165) is 4.48 Å². The first-order chi connectivity index (χ1) is 2.00. The predicted octanol–water partition coefficient (Wildman–Crippen LogP) is -8.67. The molecular weight excluding hydrogens is 156 g/mol. The summed E-state index contributed by atoms with van der Waals surface area (Å²) in [5.41, 5.74) is 0. The van der Waals surface area contributed by atoms with Crippen molar-refractivity contribution < 1.29 is 58.9 Å². The van der Waals surface area contributed by atoms with E-state index in [2.05, 4.69) is 28.2 Å². The van der Waals surface area contributed by atoms with Crippen molar-refractivity contribution in [2.45, 2.75) is 0 Å². The molecule has 0 amide bonds. The minimum absolute atomic E-state index is 0. The second-order valence-corrected chi connectivity index (χ2v) is 2.68. The smallest absolute Gasteiger partial charge is 1.00 e. The maximum atomic E-state index is 2.12. The number of hydrogen-bond acceptors (Lipinski definition) is 0. The molecule has 0 bridgehead atoms. The molecule has 0 aliphatic heterocycles. The van der Waals surface area contributed by atoms with Gasteiger partial charge in [0.2, 0.25) is 0 Å². The fourth-order valence-corrected chi connectivity index (χ4v) is 0. The Balaban J connectivity index is -0.0000000267. The molecule has 1 nitrogen and oxygen atoms in total. The Hall–Kier alpha value is 1.54. The van der Waals surface area contributed by atoms with Crippen LogP contribution in [0, 0.1) is 0 Å². The van der Waals surface area contributed by atoms with E-state index in [1.165, 1.54) is 0 Å².